The molecule has 0 amide bonds. The third kappa shape index (κ3) is 2.52. The van der Waals surface area contributed by atoms with Gasteiger partial charge in [-0.05, 0) is 31.4 Å². The Morgan fingerprint density at radius 2 is 2.33 bits per heavy atom. The van der Waals surface area contributed by atoms with E-state index in [-0.39, 0.29) is 17.0 Å². The molecule has 0 aliphatic rings. The lowest BCUT2D eigenvalue weighted by Gasteiger charge is -2.02. The van der Waals surface area contributed by atoms with Gasteiger partial charge in [0.1, 0.15) is 4.83 Å². The molecule has 0 radical (unpaired) electrons. The van der Waals surface area contributed by atoms with Crippen molar-refractivity contribution in [3.8, 4) is 0 Å². The lowest BCUT2D eigenvalue weighted by Crippen LogP contribution is -1.82. The monoisotopic (exact) mass is 300 g/mol. The van der Waals surface area contributed by atoms with Crippen molar-refractivity contribution in [3.05, 3.63) is 60.3 Å². The lowest BCUT2D eigenvalue weighted by molar-refractivity contribution is 1.27. The van der Waals surface area contributed by atoms with Gasteiger partial charge in [-0.25, -0.2) is 4.98 Å². The van der Waals surface area contributed by atoms with Crippen LogP contribution in [-0.2, 0) is 0 Å². The highest BCUT2D eigenvalue weighted by atomic mass is 32.1. The Morgan fingerprint density at radius 3 is 3.14 bits per heavy atom. The Bertz CT molecular complexity index is 1150. The number of benzene rings is 1. The predicted molar refractivity (Wildman–Crippen MR) is 94.2 cm³/mol. The van der Waals surface area contributed by atoms with Gasteiger partial charge in [0.2, 0.25) is 0 Å². The first-order valence-electron chi connectivity index (χ1n) is 10.3. The van der Waals surface area contributed by atoms with Crippen LogP contribution in [-0.4, -0.2) is 11.2 Å². The summed E-state index contributed by atoms with van der Waals surface area (Å²) in [4.78, 5) is 8.96. The van der Waals surface area contributed by atoms with Gasteiger partial charge in [-0.1, -0.05) is 31.3 Å². The summed E-state index contributed by atoms with van der Waals surface area (Å²) >= 11 is 1.29. The van der Waals surface area contributed by atoms with Crippen molar-refractivity contribution in [2.75, 3.05) is 0 Å². The van der Waals surface area contributed by atoms with Crippen LogP contribution >= 0.6 is 11.3 Å². The fourth-order valence-electron chi connectivity index (χ4n) is 2.09. The number of thiophene rings is 1. The largest absolute Gasteiger partial charge is 0.257 e. The van der Waals surface area contributed by atoms with Gasteiger partial charge in [-0.15, -0.1) is 11.3 Å². The Morgan fingerprint density at radius 1 is 1.33 bits per heavy atom. The number of nitrogens with zero attached hydrogens (tertiary/aromatic N) is 2. The fraction of sp³-hybridized carbons (Fsp3) is 0.111. The number of aliphatic imine (C=N–C) groups is 1. The van der Waals surface area contributed by atoms with E-state index in [1.807, 2.05) is 6.07 Å². The Kier molecular flexibility index (Phi) is 1.79. The van der Waals surface area contributed by atoms with Crippen LogP contribution < -0.4 is 0 Å². The summed E-state index contributed by atoms with van der Waals surface area (Å²) in [7, 11) is 0. The Hall–Kier alpha value is -2.26. The highest BCUT2D eigenvalue weighted by molar-refractivity contribution is 7.25. The van der Waals surface area contributed by atoms with Gasteiger partial charge in [0.05, 0.1) is 8.44 Å². The summed E-state index contributed by atoms with van der Waals surface area (Å²) in [6, 6.07) is 8.60. The second-order valence-electron chi connectivity index (χ2n) is 4.43. The van der Waals surface area contributed by atoms with Crippen LogP contribution in [0, 0.1) is 6.85 Å². The topological polar surface area (TPSA) is 25.2 Å². The molecule has 0 spiro atoms. The number of rotatable bonds is 3. The van der Waals surface area contributed by atoms with E-state index in [0.29, 0.717) is 10.4 Å². The maximum atomic E-state index is 7.71. The summed E-state index contributed by atoms with van der Waals surface area (Å²) in [5.41, 5.74) is 0.587. The van der Waals surface area contributed by atoms with E-state index in [1.165, 1.54) is 17.4 Å². The average Bonchev–Trinajstić information content (AvgIpc) is 3.02. The average molecular weight is 300 g/mol. The third-order valence-electron chi connectivity index (χ3n) is 2.98. The van der Waals surface area contributed by atoms with Gasteiger partial charge < -0.3 is 0 Å². The van der Waals surface area contributed by atoms with Crippen molar-refractivity contribution < 1.29 is 11.0 Å². The molecule has 2 nitrogen and oxygen atoms in total. The van der Waals surface area contributed by atoms with Crippen LogP contribution in [0.25, 0.3) is 26.0 Å². The lowest BCUT2D eigenvalue weighted by atomic mass is 10.1. The van der Waals surface area contributed by atoms with Crippen LogP contribution in [0.15, 0.2) is 54.0 Å². The van der Waals surface area contributed by atoms with Crippen molar-refractivity contribution in [1.82, 2.24) is 4.98 Å². The van der Waals surface area contributed by atoms with Crippen molar-refractivity contribution in [3.63, 3.8) is 0 Å². The van der Waals surface area contributed by atoms with Gasteiger partial charge in [-0.2, -0.15) is 0 Å². The Labute approximate surface area is 139 Å². The van der Waals surface area contributed by atoms with Crippen LogP contribution in [0.1, 0.15) is 29.1 Å². The molecular weight excluding hydrogens is 276 g/mol. The van der Waals surface area contributed by atoms with E-state index in [4.69, 9.17) is 11.0 Å². The molecule has 104 valence electrons. The fourth-order valence-corrected chi connectivity index (χ4v) is 3.29. The molecule has 0 saturated carbocycles. The van der Waals surface area contributed by atoms with E-state index in [0.717, 1.165) is 34.8 Å². The highest BCUT2D eigenvalue weighted by Gasteiger charge is 2.11. The minimum absolute atomic E-state index is 0.00952. The summed E-state index contributed by atoms with van der Waals surface area (Å²) < 4.78 is 60.6. The number of pyridine rings is 1. The maximum absolute atomic E-state index is 7.71. The third-order valence-corrected chi connectivity index (χ3v) is 4.13. The molecule has 0 atom stereocenters. The Balaban J connectivity index is 2.14. The van der Waals surface area contributed by atoms with E-state index >= 15 is 0 Å². The second kappa shape index (κ2) is 5.26. The summed E-state index contributed by atoms with van der Waals surface area (Å²) in [5, 5.41) is 1.64. The molecule has 0 unspecified atom stereocenters. The molecule has 0 fully saturated rings. The van der Waals surface area contributed by atoms with Gasteiger partial charge in [0.15, 0.2) is 0 Å². The number of fused-ring (bicyclic) bond motifs is 3. The first kappa shape index (κ1) is 7.14. The van der Waals surface area contributed by atoms with E-state index in [2.05, 4.69) is 9.98 Å². The first-order chi connectivity index (χ1) is 13.6. The molecule has 0 N–H and O–H groups in total. The van der Waals surface area contributed by atoms with Crippen molar-refractivity contribution in [1.29, 1.82) is 0 Å². The molecular formula is C18H16N2S. The van der Waals surface area contributed by atoms with Crippen LogP contribution in [0.2, 0.25) is 0 Å². The highest BCUT2D eigenvalue weighted by Crippen LogP contribution is 2.37. The van der Waals surface area contributed by atoms with Crippen molar-refractivity contribution in [2.45, 2.75) is 13.7 Å². The number of aryl methyl sites for hydroxylation is 1. The van der Waals surface area contributed by atoms with Gasteiger partial charge in [0, 0.05) is 41.2 Å². The van der Waals surface area contributed by atoms with Crippen LogP contribution in [0.5, 0.6) is 0 Å². The minimum atomic E-state index is -2.47. The van der Waals surface area contributed by atoms with Gasteiger partial charge in [0.25, 0.3) is 0 Å². The SMILES string of the molecule is [2H]C=C(N=CC(=C[2H])C([2H])([2H])[2H])c1cccc2c1sc1nc(C([2H])([2H])[2H])ccc12. The first-order valence-corrected chi connectivity index (χ1v) is 6.92. The standard InChI is InChI=1S/C18H16N2S/c1-11(2)10-19-13(4)14-6-5-7-15-16-9-8-12(3)20-18(16)21-17(14)15/h5-10H,1,4H2,2-3H3/i1D,2D3,3D3,4D. The summed E-state index contributed by atoms with van der Waals surface area (Å²) in [6.45, 7) is -3.05. The zero-order chi connectivity index (χ0) is 21.4. The normalized spacial score (nSPS) is 20.4. The predicted octanol–water partition coefficient (Wildman–Crippen LogP) is 5.38. The molecule has 0 saturated heterocycles. The molecule has 3 rings (SSSR count). The number of hydrogen-bond acceptors (Lipinski definition) is 3. The molecule has 3 heteroatoms. The summed E-state index contributed by atoms with van der Waals surface area (Å²) in [5.74, 6) is 0. The van der Waals surface area contributed by atoms with E-state index in [9.17, 15) is 0 Å². The molecule has 1 aromatic carbocycles. The second-order valence-corrected chi connectivity index (χ2v) is 5.43. The molecule has 21 heavy (non-hydrogen) atoms. The molecule has 0 bridgehead atoms. The van der Waals surface area contributed by atoms with Crippen LogP contribution in [0.4, 0.5) is 0 Å². The van der Waals surface area contributed by atoms with Gasteiger partial charge >= 0.3 is 0 Å². The van der Waals surface area contributed by atoms with E-state index in [1.54, 1.807) is 18.2 Å². The molecule has 0 aliphatic carbocycles. The maximum Gasteiger partial charge on any atom is 0.124 e. The molecule has 2 heterocycles. The smallest absolute Gasteiger partial charge is 0.124 e. The number of hydrogen-bond donors (Lipinski definition) is 0. The molecule has 3 aromatic rings. The minimum Gasteiger partial charge on any atom is -0.257 e. The van der Waals surface area contributed by atoms with Crippen LogP contribution in [0.3, 0.4) is 0 Å². The zero-order valence-electron chi connectivity index (χ0n) is 18.9. The van der Waals surface area contributed by atoms with Gasteiger partial charge in [-0.3, -0.25) is 4.99 Å². The zero-order valence-corrected chi connectivity index (χ0v) is 11.7. The quantitative estimate of drug-likeness (QED) is 0.596. The van der Waals surface area contributed by atoms with Crippen molar-refractivity contribution in [2.24, 2.45) is 4.99 Å². The molecule has 0 aliphatic heterocycles. The summed E-state index contributed by atoms with van der Waals surface area (Å²) in [6.07, 6.45) is 1.07. The number of aromatic nitrogens is 1. The van der Waals surface area contributed by atoms with E-state index < -0.39 is 13.7 Å². The number of allylic oxidation sites excluding steroid dienone is 1. The van der Waals surface area contributed by atoms with Crippen molar-refractivity contribution >= 4 is 43.6 Å². The molecule has 2 aromatic heterocycles.